The van der Waals surface area contributed by atoms with Crippen LogP contribution in [0.3, 0.4) is 0 Å². The molecule has 2 nitrogen and oxygen atoms in total. The highest BCUT2D eigenvalue weighted by Gasteiger charge is 2.51. The molecule has 1 heterocycles. The zero-order valence-corrected chi connectivity index (χ0v) is 37.8. The second-order valence-electron chi connectivity index (χ2n) is 18.3. The number of hydrogen-bond acceptors (Lipinski definition) is 1. The van der Waals surface area contributed by atoms with Gasteiger partial charge in [0.2, 0.25) is 0 Å². The van der Waals surface area contributed by atoms with E-state index in [1.807, 2.05) is 0 Å². The highest BCUT2D eigenvalue weighted by Crippen LogP contribution is 2.63. The van der Waals surface area contributed by atoms with Crippen LogP contribution in [0.1, 0.15) is 22.3 Å². The molecule has 322 valence electrons. The van der Waals surface area contributed by atoms with Crippen LogP contribution >= 0.6 is 0 Å². The van der Waals surface area contributed by atoms with Crippen LogP contribution in [0.4, 0.5) is 17.1 Å². The Morgan fingerprint density at radius 1 is 0.290 bits per heavy atom. The highest BCUT2D eigenvalue weighted by molar-refractivity contribution is 6.11. The summed E-state index contributed by atoms with van der Waals surface area (Å²) in [5.74, 6) is 0. The lowest BCUT2D eigenvalue weighted by molar-refractivity contribution is 0.794. The van der Waals surface area contributed by atoms with Gasteiger partial charge in [-0.1, -0.05) is 218 Å². The van der Waals surface area contributed by atoms with Gasteiger partial charge in [-0.15, -0.1) is 0 Å². The molecule has 12 aromatic rings. The summed E-state index contributed by atoms with van der Waals surface area (Å²) in [5.41, 5.74) is 23.8. The van der Waals surface area contributed by atoms with Gasteiger partial charge >= 0.3 is 0 Å². The first-order valence-electron chi connectivity index (χ1n) is 23.9. The van der Waals surface area contributed by atoms with E-state index in [2.05, 4.69) is 276 Å². The third-order valence-corrected chi connectivity index (χ3v) is 14.8. The molecule has 0 N–H and O–H groups in total. The molecule has 0 atom stereocenters. The van der Waals surface area contributed by atoms with Gasteiger partial charge in [0, 0.05) is 33.4 Å². The maximum Gasteiger partial charge on any atom is 0.0725 e. The summed E-state index contributed by atoms with van der Waals surface area (Å²) in [4.78, 5) is 2.53. The van der Waals surface area contributed by atoms with Crippen molar-refractivity contribution in [3.63, 3.8) is 0 Å². The molecular formula is C67H44N2. The Hall–Kier alpha value is -8.98. The molecule has 11 aromatic carbocycles. The summed E-state index contributed by atoms with van der Waals surface area (Å²) in [6, 6.07) is 98.7. The van der Waals surface area contributed by atoms with Gasteiger partial charge in [-0.05, 0) is 121 Å². The van der Waals surface area contributed by atoms with Crippen LogP contribution in [-0.2, 0) is 5.41 Å². The van der Waals surface area contributed by atoms with Crippen molar-refractivity contribution < 1.29 is 0 Å². The average molecular weight is 877 g/mol. The van der Waals surface area contributed by atoms with Gasteiger partial charge in [0.25, 0.3) is 0 Å². The van der Waals surface area contributed by atoms with Gasteiger partial charge in [0.15, 0.2) is 0 Å². The number of rotatable bonds is 7. The molecule has 69 heavy (non-hydrogen) atoms. The van der Waals surface area contributed by atoms with Crippen LogP contribution in [0.2, 0.25) is 0 Å². The molecule has 14 rings (SSSR count). The van der Waals surface area contributed by atoms with Gasteiger partial charge in [-0.2, -0.15) is 0 Å². The average Bonchev–Trinajstić information content (AvgIpc) is 4.03. The number of aromatic nitrogens is 1. The summed E-state index contributed by atoms with van der Waals surface area (Å²) < 4.78 is 2.43. The smallest absolute Gasteiger partial charge is 0.0725 e. The quantitative estimate of drug-likeness (QED) is 0.155. The summed E-state index contributed by atoms with van der Waals surface area (Å²) in [6.07, 6.45) is 0. The molecule has 0 aliphatic heterocycles. The van der Waals surface area contributed by atoms with Crippen LogP contribution in [-0.4, -0.2) is 4.57 Å². The fraction of sp³-hybridized carbons (Fsp3) is 0.0149. The third kappa shape index (κ3) is 5.79. The zero-order valence-electron chi connectivity index (χ0n) is 37.8. The Labute approximate surface area is 402 Å². The molecule has 0 unspecified atom stereocenters. The molecule has 0 saturated heterocycles. The largest absolute Gasteiger partial charge is 0.310 e. The van der Waals surface area contributed by atoms with E-state index in [-0.39, 0.29) is 0 Å². The van der Waals surface area contributed by atoms with Gasteiger partial charge in [-0.25, -0.2) is 0 Å². The molecule has 0 radical (unpaired) electrons. The molecule has 0 saturated carbocycles. The van der Waals surface area contributed by atoms with Gasteiger partial charge in [-0.3, -0.25) is 0 Å². The minimum absolute atomic E-state index is 0.439. The van der Waals surface area contributed by atoms with Crippen molar-refractivity contribution in [2.24, 2.45) is 0 Å². The molecule has 1 aromatic heterocycles. The van der Waals surface area contributed by atoms with E-state index in [0.717, 1.165) is 28.3 Å². The Kier molecular flexibility index (Phi) is 8.84. The number of anilines is 3. The minimum Gasteiger partial charge on any atom is -0.310 e. The van der Waals surface area contributed by atoms with Crippen molar-refractivity contribution in [3.05, 3.63) is 289 Å². The first kappa shape index (κ1) is 39.2. The fourth-order valence-corrected chi connectivity index (χ4v) is 12.0. The lowest BCUT2D eigenvalue weighted by Crippen LogP contribution is -2.25. The van der Waals surface area contributed by atoms with E-state index < -0.39 is 5.41 Å². The van der Waals surface area contributed by atoms with Crippen molar-refractivity contribution in [3.8, 4) is 61.3 Å². The predicted molar refractivity (Wildman–Crippen MR) is 288 cm³/mol. The number of hydrogen-bond donors (Lipinski definition) is 0. The van der Waals surface area contributed by atoms with E-state index in [9.17, 15) is 0 Å². The molecule has 0 amide bonds. The summed E-state index contributed by atoms with van der Waals surface area (Å²) in [7, 11) is 0. The monoisotopic (exact) mass is 876 g/mol. The summed E-state index contributed by atoms with van der Waals surface area (Å²) >= 11 is 0. The van der Waals surface area contributed by atoms with Crippen LogP contribution < -0.4 is 4.90 Å². The van der Waals surface area contributed by atoms with E-state index in [0.29, 0.717) is 0 Å². The number of para-hydroxylation sites is 2. The van der Waals surface area contributed by atoms with Crippen LogP contribution in [0.5, 0.6) is 0 Å². The molecule has 2 heteroatoms. The lowest BCUT2D eigenvalue weighted by Gasteiger charge is -2.32. The van der Waals surface area contributed by atoms with Crippen LogP contribution in [0.15, 0.2) is 267 Å². The maximum absolute atomic E-state index is 2.53. The maximum atomic E-state index is 2.53. The number of fused-ring (bicyclic) bond motifs is 13. The first-order valence-corrected chi connectivity index (χ1v) is 23.9. The Balaban J connectivity index is 1.09. The van der Waals surface area contributed by atoms with Gasteiger partial charge < -0.3 is 9.47 Å². The standard InChI is InChI=1S/C67H44N2/c1-4-21-45(22-5-1)50-27-10-11-32-57(50)66-51(46-23-6-2-7-24-46)33-20-38-64(66)68(49-39-41-56-55-31-15-19-37-63(55)69(65(56)44-49)47-25-8-3-9-26-47)48-40-42-62-58(43-48)54-30-14-18-36-61(54)67(62)59-34-16-12-28-52(59)53-29-13-17-35-60(53)67/h1-44H. The molecule has 0 fully saturated rings. The Morgan fingerprint density at radius 3 is 1.42 bits per heavy atom. The van der Waals surface area contributed by atoms with Crippen molar-refractivity contribution in [2.75, 3.05) is 4.90 Å². The normalized spacial score (nSPS) is 12.8. The van der Waals surface area contributed by atoms with Crippen molar-refractivity contribution in [1.29, 1.82) is 0 Å². The number of benzene rings is 11. The van der Waals surface area contributed by atoms with Crippen molar-refractivity contribution in [1.82, 2.24) is 4.57 Å². The number of nitrogens with zero attached hydrogens (tertiary/aromatic N) is 2. The van der Waals surface area contributed by atoms with E-state index in [4.69, 9.17) is 0 Å². The first-order chi connectivity index (χ1) is 34.3. The van der Waals surface area contributed by atoms with Crippen molar-refractivity contribution >= 4 is 38.9 Å². The Bertz CT molecular complexity index is 3910. The molecule has 2 aliphatic rings. The lowest BCUT2D eigenvalue weighted by atomic mass is 9.70. The van der Waals surface area contributed by atoms with E-state index >= 15 is 0 Å². The second-order valence-corrected chi connectivity index (χ2v) is 18.3. The highest BCUT2D eigenvalue weighted by atomic mass is 15.1. The van der Waals surface area contributed by atoms with Gasteiger partial charge in [0.1, 0.15) is 0 Å². The molecule has 2 aliphatic carbocycles. The summed E-state index contributed by atoms with van der Waals surface area (Å²) in [5, 5.41) is 2.45. The molecule has 0 bridgehead atoms. The third-order valence-electron chi connectivity index (χ3n) is 14.8. The SMILES string of the molecule is c1ccc(-c2ccccc2-c2c(-c3ccccc3)cccc2N(c2ccc3c(c2)-c2ccccc2C32c3ccccc3-c3ccccc32)c2ccc3c4ccccc4n(-c4ccccc4)c3c2)cc1. The van der Waals surface area contributed by atoms with E-state index in [1.165, 1.54) is 94.2 Å². The summed E-state index contributed by atoms with van der Waals surface area (Å²) in [6.45, 7) is 0. The van der Waals surface area contributed by atoms with Crippen molar-refractivity contribution in [2.45, 2.75) is 5.41 Å². The molecular weight excluding hydrogens is 833 g/mol. The Morgan fingerprint density at radius 2 is 0.754 bits per heavy atom. The van der Waals surface area contributed by atoms with Gasteiger partial charge in [0.05, 0.1) is 22.1 Å². The molecule has 1 spiro atoms. The second kappa shape index (κ2) is 15.6. The zero-order chi connectivity index (χ0) is 45.5. The fourth-order valence-electron chi connectivity index (χ4n) is 12.0. The predicted octanol–water partition coefficient (Wildman–Crippen LogP) is 17.6. The van der Waals surface area contributed by atoms with E-state index in [1.54, 1.807) is 0 Å². The van der Waals surface area contributed by atoms with Crippen LogP contribution in [0.25, 0.3) is 83.1 Å². The van der Waals surface area contributed by atoms with Crippen LogP contribution in [0, 0.1) is 0 Å². The topological polar surface area (TPSA) is 8.17 Å². The minimum atomic E-state index is -0.439.